The number of nitrogens with one attached hydrogen (secondary N) is 1. The molecule has 0 aliphatic carbocycles. The van der Waals surface area contributed by atoms with Crippen LogP contribution >= 0.6 is 27.5 Å². The molecule has 0 spiro atoms. The second-order valence-electron chi connectivity index (χ2n) is 2.90. The Balaban J connectivity index is 2.51. The SMILES string of the molecule is O=C(CCl)CC(=O)Nc1ccc(Br)cc1. The molecule has 1 aromatic carbocycles. The van der Waals surface area contributed by atoms with E-state index in [2.05, 4.69) is 21.2 Å². The number of anilines is 1. The number of halogens is 2. The first-order chi connectivity index (χ1) is 7.11. The fourth-order valence-corrected chi connectivity index (χ4v) is 1.32. The number of alkyl halides is 1. The van der Waals surface area contributed by atoms with E-state index in [0.29, 0.717) is 5.69 Å². The Morgan fingerprint density at radius 2 is 1.87 bits per heavy atom. The molecular weight excluding hydrogens is 281 g/mol. The first kappa shape index (κ1) is 12.2. The number of Topliss-reactive ketones (excluding diaryl/α,β-unsaturated/α-hetero) is 1. The van der Waals surface area contributed by atoms with Gasteiger partial charge in [-0.25, -0.2) is 0 Å². The van der Waals surface area contributed by atoms with E-state index in [4.69, 9.17) is 11.6 Å². The van der Waals surface area contributed by atoms with Gasteiger partial charge in [-0.15, -0.1) is 11.6 Å². The van der Waals surface area contributed by atoms with Crippen LogP contribution in [0.15, 0.2) is 28.7 Å². The van der Waals surface area contributed by atoms with Gasteiger partial charge in [0, 0.05) is 10.2 Å². The van der Waals surface area contributed by atoms with Gasteiger partial charge in [-0.3, -0.25) is 9.59 Å². The van der Waals surface area contributed by atoms with E-state index in [-0.39, 0.29) is 24.0 Å². The van der Waals surface area contributed by atoms with E-state index < -0.39 is 0 Å². The third kappa shape index (κ3) is 4.44. The highest BCUT2D eigenvalue weighted by atomic mass is 79.9. The third-order valence-electron chi connectivity index (χ3n) is 1.63. The first-order valence-electron chi connectivity index (χ1n) is 4.25. The van der Waals surface area contributed by atoms with Crippen LogP contribution in [-0.4, -0.2) is 17.6 Å². The van der Waals surface area contributed by atoms with Crippen molar-refractivity contribution in [1.82, 2.24) is 0 Å². The van der Waals surface area contributed by atoms with Crippen molar-refractivity contribution in [2.45, 2.75) is 6.42 Å². The summed E-state index contributed by atoms with van der Waals surface area (Å²) in [5, 5.41) is 2.60. The summed E-state index contributed by atoms with van der Waals surface area (Å²) in [7, 11) is 0. The predicted molar refractivity (Wildman–Crippen MR) is 63.1 cm³/mol. The summed E-state index contributed by atoms with van der Waals surface area (Å²) in [6.07, 6.45) is -0.181. The third-order valence-corrected chi connectivity index (χ3v) is 2.46. The second-order valence-corrected chi connectivity index (χ2v) is 4.09. The molecule has 1 N–H and O–H groups in total. The number of benzene rings is 1. The first-order valence-corrected chi connectivity index (χ1v) is 5.57. The number of hydrogen-bond acceptors (Lipinski definition) is 2. The zero-order valence-corrected chi connectivity index (χ0v) is 10.1. The lowest BCUT2D eigenvalue weighted by Crippen LogP contribution is -2.16. The number of hydrogen-bond donors (Lipinski definition) is 1. The minimum Gasteiger partial charge on any atom is -0.326 e. The van der Waals surface area contributed by atoms with Crippen molar-refractivity contribution in [3.05, 3.63) is 28.7 Å². The Labute approximate surface area is 101 Å². The molecule has 0 atom stereocenters. The molecule has 1 aromatic rings. The highest BCUT2D eigenvalue weighted by Crippen LogP contribution is 2.14. The molecule has 0 heterocycles. The fourth-order valence-electron chi connectivity index (χ4n) is 0.965. The molecular formula is C10H9BrClNO2. The maximum Gasteiger partial charge on any atom is 0.231 e. The summed E-state index contributed by atoms with van der Waals surface area (Å²) in [5.74, 6) is -0.762. The summed E-state index contributed by atoms with van der Waals surface area (Å²) in [6.45, 7) is 0. The number of carbonyl (C=O) groups is 2. The highest BCUT2D eigenvalue weighted by Gasteiger charge is 2.07. The molecule has 3 nitrogen and oxygen atoms in total. The molecule has 0 fully saturated rings. The predicted octanol–water partition coefficient (Wildman–Crippen LogP) is 2.59. The molecule has 0 radical (unpaired) electrons. The molecule has 0 bridgehead atoms. The van der Waals surface area contributed by atoms with E-state index in [0.717, 1.165) is 4.47 Å². The molecule has 0 saturated carbocycles. The fraction of sp³-hybridized carbons (Fsp3) is 0.200. The maximum absolute atomic E-state index is 11.3. The van der Waals surface area contributed by atoms with Crippen LogP contribution in [-0.2, 0) is 9.59 Å². The van der Waals surface area contributed by atoms with Crippen LogP contribution in [0.4, 0.5) is 5.69 Å². The lowest BCUT2D eigenvalue weighted by molar-refractivity contribution is -0.124. The Bertz CT molecular complexity index is 364. The van der Waals surface area contributed by atoms with Gasteiger partial charge in [0.05, 0.1) is 12.3 Å². The van der Waals surface area contributed by atoms with Crippen molar-refractivity contribution in [2.75, 3.05) is 11.2 Å². The van der Waals surface area contributed by atoms with Crippen molar-refractivity contribution in [3.8, 4) is 0 Å². The maximum atomic E-state index is 11.3. The molecule has 0 aromatic heterocycles. The van der Waals surface area contributed by atoms with Gasteiger partial charge < -0.3 is 5.32 Å². The van der Waals surface area contributed by atoms with Crippen LogP contribution in [0.1, 0.15) is 6.42 Å². The van der Waals surface area contributed by atoms with Crippen LogP contribution in [0.2, 0.25) is 0 Å². The Morgan fingerprint density at radius 1 is 1.27 bits per heavy atom. The quantitative estimate of drug-likeness (QED) is 0.684. The smallest absolute Gasteiger partial charge is 0.231 e. The molecule has 0 aliphatic rings. The average molecular weight is 291 g/mol. The molecule has 80 valence electrons. The topological polar surface area (TPSA) is 46.2 Å². The number of carbonyl (C=O) groups excluding carboxylic acids is 2. The van der Waals surface area contributed by atoms with E-state index in [1.54, 1.807) is 24.3 Å². The summed E-state index contributed by atoms with van der Waals surface area (Å²) >= 11 is 8.56. The Hall–Kier alpha value is -0.870. The van der Waals surface area contributed by atoms with Gasteiger partial charge in [-0.1, -0.05) is 15.9 Å². The standard InChI is InChI=1S/C10H9BrClNO2/c11-7-1-3-8(4-2-7)13-10(15)5-9(14)6-12/h1-4H,5-6H2,(H,13,15). The number of ketones is 1. The van der Waals surface area contributed by atoms with Crippen molar-refractivity contribution in [3.63, 3.8) is 0 Å². The van der Waals surface area contributed by atoms with E-state index in [9.17, 15) is 9.59 Å². The van der Waals surface area contributed by atoms with Crippen molar-refractivity contribution in [1.29, 1.82) is 0 Å². The van der Waals surface area contributed by atoms with Crippen LogP contribution in [0.25, 0.3) is 0 Å². The molecule has 15 heavy (non-hydrogen) atoms. The molecule has 0 unspecified atom stereocenters. The average Bonchev–Trinajstić information content (AvgIpc) is 2.21. The van der Waals surface area contributed by atoms with Gasteiger partial charge in [0.25, 0.3) is 0 Å². The van der Waals surface area contributed by atoms with Gasteiger partial charge in [0.2, 0.25) is 5.91 Å². The van der Waals surface area contributed by atoms with E-state index >= 15 is 0 Å². The normalized spacial score (nSPS) is 9.73. The van der Waals surface area contributed by atoms with E-state index in [1.807, 2.05) is 0 Å². The minimum absolute atomic E-state index is 0.131. The van der Waals surface area contributed by atoms with Crippen molar-refractivity contribution in [2.24, 2.45) is 0 Å². The Kier molecular flexibility index (Phi) is 4.78. The molecule has 1 amide bonds. The second kappa shape index (κ2) is 5.88. The van der Waals surface area contributed by atoms with Crippen LogP contribution in [0.5, 0.6) is 0 Å². The number of rotatable bonds is 4. The molecule has 0 saturated heterocycles. The monoisotopic (exact) mass is 289 g/mol. The zero-order valence-electron chi connectivity index (χ0n) is 7.80. The summed E-state index contributed by atoms with van der Waals surface area (Å²) < 4.78 is 0.928. The van der Waals surface area contributed by atoms with Crippen molar-refractivity contribution >= 4 is 44.9 Å². The van der Waals surface area contributed by atoms with E-state index in [1.165, 1.54) is 0 Å². The molecule has 5 heteroatoms. The molecule has 1 rings (SSSR count). The minimum atomic E-state index is -0.344. The highest BCUT2D eigenvalue weighted by molar-refractivity contribution is 9.10. The van der Waals surface area contributed by atoms with Gasteiger partial charge in [-0.2, -0.15) is 0 Å². The van der Waals surface area contributed by atoms with Crippen LogP contribution in [0, 0.1) is 0 Å². The summed E-state index contributed by atoms with van der Waals surface area (Å²) in [5.41, 5.74) is 0.658. The van der Waals surface area contributed by atoms with Gasteiger partial charge in [-0.05, 0) is 24.3 Å². The summed E-state index contributed by atoms with van der Waals surface area (Å²) in [6, 6.07) is 7.10. The Morgan fingerprint density at radius 3 is 2.40 bits per heavy atom. The van der Waals surface area contributed by atoms with Crippen LogP contribution in [0.3, 0.4) is 0 Å². The van der Waals surface area contributed by atoms with Gasteiger partial charge >= 0.3 is 0 Å². The summed E-state index contributed by atoms with van der Waals surface area (Å²) in [4.78, 5) is 22.1. The van der Waals surface area contributed by atoms with Gasteiger partial charge in [0.1, 0.15) is 0 Å². The largest absolute Gasteiger partial charge is 0.326 e. The van der Waals surface area contributed by atoms with Crippen LogP contribution < -0.4 is 5.32 Å². The van der Waals surface area contributed by atoms with Crippen molar-refractivity contribution < 1.29 is 9.59 Å². The number of amides is 1. The lowest BCUT2D eigenvalue weighted by Gasteiger charge is -2.03. The lowest BCUT2D eigenvalue weighted by atomic mass is 10.2. The zero-order chi connectivity index (χ0) is 11.3. The van der Waals surface area contributed by atoms with Gasteiger partial charge in [0.15, 0.2) is 5.78 Å². The molecule has 0 aliphatic heterocycles.